The van der Waals surface area contributed by atoms with Gasteiger partial charge in [-0.1, -0.05) is 29.8 Å². The molecule has 0 atom stereocenters. The lowest BCUT2D eigenvalue weighted by atomic mass is 10.2. The monoisotopic (exact) mass is 452 g/mol. The van der Waals surface area contributed by atoms with Crippen LogP contribution in [0.1, 0.15) is 37.8 Å². The molecule has 0 saturated heterocycles. The number of aryl methyl sites for hydroxylation is 1. The summed E-state index contributed by atoms with van der Waals surface area (Å²) in [5.74, 6) is 0.624. The Labute approximate surface area is 184 Å². The van der Waals surface area contributed by atoms with Crippen LogP contribution in [0.2, 0.25) is 5.02 Å². The summed E-state index contributed by atoms with van der Waals surface area (Å²) in [7, 11) is -3.50. The van der Waals surface area contributed by atoms with Gasteiger partial charge in [-0.15, -0.1) is 0 Å². The second-order valence-electron chi connectivity index (χ2n) is 7.46. The maximum Gasteiger partial charge on any atom is 0.232 e. The van der Waals surface area contributed by atoms with Crippen LogP contribution in [0.5, 0.6) is 5.75 Å². The first-order valence-electron chi connectivity index (χ1n) is 9.82. The quantitative estimate of drug-likeness (QED) is 0.583. The normalized spacial score (nSPS) is 11.4. The predicted molar refractivity (Wildman–Crippen MR) is 122 cm³/mol. The van der Waals surface area contributed by atoms with Gasteiger partial charge in [0.25, 0.3) is 0 Å². The third kappa shape index (κ3) is 7.54. The Kier molecular flexibility index (Phi) is 8.55. The highest BCUT2D eigenvalue weighted by Crippen LogP contribution is 2.26. The molecule has 0 radical (unpaired) electrons. The molecule has 2 aromatic rings. The van der Waals surface area contributed by atoms with Gasteiger partial charge in [-0.05, 0) is 62.6 Å². The lowest BCUT2D eigenvalue weighted by Crippen LogP contribution is -2.32. The molecule has 30 heavy (non-hydrogen) atoms. The number of carbonyl (C=O) groups is 1. The van der Waals surface area contributed by atoms with Gasteiger partial charge >= 0.3 is 0 Å². The lowest BCUT2D eigenvalue weighted by Gasteiger charge is -2.24. The zero-order chi connectivity index (χ0) is 22.3. The van der Waals surface area contributed by atoms with Crippen LogP contribution in [0.4, 0.5) is 5.69 Å². The number of halogens is 1. The highest BCUT2D eigenvalue weighted by Gasteiger charge is 2.19. The van der Waals surface area contributed by atoms with Gasteiger partial charge in [0, 0.05) is 24.5 Å². The fourth-order valence-corrected chi connectivity index (χ4v) is 4.17. The van der Waals surface area contributed by atoms with E-state index in [9.17, 15) is 13.2 Å². The number of ether oxygens (including phenoxy) is 1. The number of anilines is 1. The van der Waals surface area contributed by atoms with Crippen molar-refractivity contribution in [1.82, 2.24) is 5.32 Å². The van der Waals surface area contributed by atoms with Crippen LogP contribution >= 0.6 is 11.6 Å². The second kappa shape index (κ2) is 10.7. The second-order valence-corrected chi connectivity index (χ2v) is 9.80. The molecule has 6 nitrogen and oxygen atoms in total. The SMILES string of the molecule is Cc1ccc(Cl)cc1N(CCCC(=O)NCc1cccc(OC(C)C)c1)S(C)(=O)=O. The fourth-order valence-electron chi connectivity index (χ4n) is 2.99. The topological polar surface area (TPSA) is 75.7 Å². The van der Waals surface area contributed by atoms with Crippen LogP contribution < -0.4 is 14.4 Å². The Hall–Kier alpha value is -2.25. The third-order valence-electron chi connectivity index (χ3n) is 4.37. The van der Waals surface area contributed by atoms with E-state index in [-0.39, 0.29) is 25.0 Å². The standard InChI is InChI=1S/C22H29ClN2O4S/c1-16(2)29-20-8-5-7-18(13-20)15-24-22(26)9-6-12-25(30(4,27)28)21-14-19(23)11-10-17(21)3/h5,7-8,10-11,13-14,16H,6,9,12,15H2,1-4H3,(H,24,26). The average Bonchev–Trinajstić information content (AvgIpc) is 2.64. The number of hydrogen-bond donors (Lipinski definition) is 1. The van der Waals surface area contributed by atoms with Crippen LogP contribution in [0.25, 0.3) is 0 Å². The minimum absolute atomic E-state index is 0.0794. The minimum Gasteiger partial charge on any atom is -0.491 e. The Morgan fingerprint density at radius 3 is 2.60 bits per heavy atom. The fraction of sp³-hybridized carbons (Fsp3) is 0.409. The van der Waals surface area contributed by atoms with E-state index in [1.165, 1.54) is 4.31 Å². The minimum atomic E-state index is -3.50. The first kappa shape index (κ1) is 24.0. The Balaban J connectivity index is 1.91. The number of hydrogen-bond acceptors (Lipinski definition) is 4. The van der Waals surface area contributed by atoms with Gasteiger partial charge in [-0.25, -0.2) is 8.42 Å². The van der Waals surface area contributed by atoms with E-state index in [0.717, 1.165) is 23.1 Å². The zero-order valence-corrected chi connectivity index (χ0v) is 19.4. The number of nitrogens with one attached hydrogen (secondary N) is 1. The maximum atomic E-state index is 12.3. The van der Waals surface area contributed by atoms with Crippen molar-refractivity contribution < 1.29 is 17.9 Å². The molecule has 0 aliphatic heterocycles. The number of amides is 1. The van der Waals surface area contributed by atoms with Crippen molar-refractivity contribution in [3.63, 3.8) is 0 Å². The molecule has 0 saturated carbocycles. The van der Waals surface area contributed by atoms with Gasteiger partial charge in [0.05, 0.1) is 18.0 Å². The summed E-state index contributed by atoms with van der Waals surface area (Å²) in [6, 6.07) is 12.7. The smallest absolute Gasteiger partial charge is 0.232 e. The third-order valence-corrected chi connectivity index (χ3v) is 5.78. The molecule has 8 heteroatoms. The van der Waals surface area contributed by atoms with Crippen molar-refractivity contribution in [1.29, 1.82) is 0 Å². The van der Waals surface area contributed by atoms with E-state index in [2.05, 4.69) is 5.32 Å². The predicted octanol–water partition coefficient (Wildman–Crippen LogP) is 4.30. The van der Waals surface area contributed by atoms with Crippen molar-refractivity contribution in [3.05, 3.63) is 58.6 Å². The van der Waals surface area contributed by atoms with Gasteiger partial charge in [0.2, 0.25) is 15.9 Å². The van der Waals surface area contributed by atoms with E-state index >= 15 is 0 Å². The zero-order valence-electron chi connectivity index (χ0n) is 17.8. The molecule has 0 fully saturated rings. The molecule has 0 aromatic heterocycles. The molecule has 1 amide bonds. The first-order valence-corrected chi connectivity index (χ1v) is 12.0. The van der Waals surface area contributed by atoms with Crippen LogP contribution in [-0.4, -0.2) is 33.2 Å². The summed E-state index contributed by atoms with van der Waals surface area (Å²) >= 11 is 6.04. The lowest BCUT2D eigenvalue weighted by molar-refractivity contribution is -0.121. The largest absolute Gasteiger partial charge is 0.491 e. The molecule has 1 N–H and O–H groups in total. The summed E-state index contributed by atoms with van der Waals surface area (Å²) in [5, 5.41) is 3.33. The van der Waals surface area contributed by atoms with Crippen molar-refractivity contribution in [3.8, 4) is 5.75 Å². The first-order chi connectivity index (χ1) is 14.1. The number of benzene rings is 2. The van der Waals surface area contributed by atoms with E-state index in [1.54, 1.807) is 18.2 Å². The molecule has 0 heterocycles. The number of rotatable bonds is 10. The van der Waals surface area contributed by atoms with Crippen LogP contribution in [0, 0.1) is 6.92 Å². The Morgan fingerprint density at radius 1 is 1.20 bits per heavy atom. The van der Waals surface area contributed by atoms with Crippen LogP contribution in [0.3, 0.4) is 0 Å². The molecule has 0 bridgehead atoms. The van der Waals surface area contributed by atoms with Gasteiger partial charge in [0.15, 0.2) is 0 Å². The molecule has 0 unspecified atom stereocenters. The van der Waals surface area contributed by atoms with Crippen molar-refractivity contribution in [2.75, 3.05) is 17.1 Å². The van der Waals surface area contributed by atoms with E-state index < -0.39 is 10.0 Å². The summed E-state index contributed by atoms with van der Waals surface area (Å²) in [4.78, 5) is 12.2. The molecule has 0 spiro atoms. The van der Waals surface area contributed by atoms with Gasteiger partial charge in [-0.3, -0.25) is 9.10 Å². The number of carbonyl (C=O) groups excluding carboxylic acids is 1. The van der Waals surface area contributed by atoms with Crippen molar-refractivity contribution >= 4 is 33.2 Å². The number of sulfonamides is 1. The molecule has 0 aliphatic rings. The highest BCUT2D eigenvalue weighted by atomic mass is 35.5. The van der Waals surface area contributed by atoms with Crippen molar-refractivity contribution in [2.45, 2.75) is 46.3 Å². The Bertz CT molecular complexity index is 977. The van der Waals surface area contributed by atoms with E-state index in [0.29, 0.717) is 23.7 Å². The van der Waals surface area contributed by atoms with Gasteiger partial charge in [0.1, 0.15) is 5.75 Å². The summed E-state index contributed by atoms with van der Waals surface area (Å²) < 4.78 is 31.5. The summed E-state index contributed by atoms with van der Waals surface area (Å²) in [6.07, 6.45) is 1.84. The maximum absolute atomic E-state index is 12.3. The van der Waals surface area contributed by atoms with Gasteiger partial charge in [-0.2, -0.15) is 0 Å². The summed E-state index contributed by atoms with van der Waals surface area (Å²) in [6.45, 7) is 6.33. The average molecular weight is 453 g/mol. The summed E-state index contributed by atoms with van der Waals surface area (Å²) in [5.41, 5.74) is 2.28. The highest BCUT2D eigenvalue weighted by molar-refractivity contribution is 7.92. The molecule has 2 aromatic carbocycles. The molecular weight excluding hydrogens is 424 g/mol. The molecule has 0 aliphatic carbocycles. The van der Waals surface area contributed by atoms with Crippen molar-refractivity contribution in [2.24, 2.45) is 0 Å². The molecular formula is C22H29ClN2O4S. The molecule has 164 valence electrons. The molecule has 2 rings (SSSR count). The van der Waals surface area contributed by atoms with Crippen LogP contribution in [-0.2, 0) is 21.4 Å². The number of nitrogens with zero attached hydrogens (tertiary/aromatic N) is 1. The Morgan fingerprint density at radius 2 is 1.93 bits per heavy atom. The van der Waals surface area contributed by atoms with Crippen LogP contribution in [0.15, 0.2) is 42.5 Å². The van der Waals surface area contributed by atoms with E-state index in [4.69, 9.17) is 16.3 Å². The van der Waals surface area contributed by atoms with Gasteiger partial charge < -0.3 is 10.1 Å². The van der Waals surface area contributed by atoms with E-state index in [1.807, 2.05) is 45.0 Å².